The number of carbonyl (C=O) groups excluding carboxylic acids is 1. The van der Waals surface area contributed by atoms with Crippen LogP contribution in [0.25, 0.3) is 0 Å². The normalized spacial score (nSPS) is 33.5. The van der Waals surface area contributed by atoms with Gasteiger partial charge in [0.05, 0.1) is 18.3 Å². The van der Waals surface area contributed by atoms with Crippen LogP contribution in [0.2, 0.25) is 0 Å². The fourth-order valence-electron chi connectivity index (χ4n) is 6.33. The topological polar surface area (TPSA) is 98.0 Å². The highest BCUT2D eigenvalue weighted by atomic mass is 16.3. The van der Waals surface area contributed by atoms with E-state index in [1.54, 1.807) is 13.8 Å². The smallest absolute Gasteiger partial charge is 0.145 e. The van der Waals surface area contributed by atoms with Gasteiger partial charge in [-0.25, -0.2) is 0 Å². The van der Waals surface area contributed by atoms with Crippen LogP contribution in [-0.2, 0) is 4.79 Å². The Morgan fingerprint density at radius 2 is 1.83 bits per heavy atom. The van der Waals surface area contributed by atoms with Gasteiger partial charge in [0, 0.05) is 17.9 Å². The maximum absolute atomic E-state index is 11.8. The first-order valence-corrected chi connectivity index (χ1v) is 13.0. The maximum Gasteiger partial charge on any atom is 0.145 e. The van der Waals surface area contributed by atoms with Gasteiger partial charge < -0.3 is 20.4 Å². The van der Waals surface area contributed by atoms with Crippen molar-refractivity contribution in [3.63, 3.8) is 0 Å². The van der Waals surface area contributed by atoms with Gasteiger partial charge in [0.25, 0.3) is 0 Å². The van der Waals surface area contributed by atoms with Crippen molar-refractivity contribution < 1.29 is 25.2 Å². The van der Waals surface area contributed by atoms with Crippen molar-refractivity contribution in [1.29, 1.82) is 0 Å². The predicted octanol–water partition coefficient (Wildman–Crippen LogP) is 4.97. The van der Waals surface area contributed by atoms with Crippen molar-refractivity contribution in [1.82, 2.24) is 0 Å². The number of hydrogen-bond donors (Lipinski definition) is 4. The Morgan fingerprint density at radius 3 is 2.43 bits per heavy atom. The zero-order valence-electron chi connectivity index (χ0n) is 22.3. The summed E-state index contributed by atoms with van der Waals surface area (Å²) in [5.41, 5.74) is 2.86. The van der Waals surface area contributed by atoms with Crippen molar-refractivity contribution in [3.8, 4) is 0 Å². The third kappa shape index (κ3) is 6.51. The van der Waals surface area contributed by atoms with Crippen LogP contribution in [-0.4, -0.2) is 51.6 Å². The Morgan fingerprint density at radius 1 is 1.11 bits per heavy atom. The van der Waals surface area contributed by atoms with Crippen LogP contribution >= 0.6 is 0 Å². The van der Waals surface area contributed by atoms with E-state index in [9.17, 15) is 25.2 Å². The quantitative estimate of drug-likeness (QED) is 0.151. The summed E-state index contributed by atoms with van der Waals surface area (Å²) in [5, 5.41) is 43.2. The molecule has 0 radical (unpaired) electrons. The second kappa shape index (κ2) is 13.0. The van der Waals surface area contributed by atoms with Gasteiger partial charge in [-0.2, -0.15) is 0 Å². The average molecular weight is 487 g/mol. The van der Waals surface area contributed by atoms with E-state index in [0.717, 1.165) is 29.4 Å². The third-order valence-electron chi connectivity index (χ3n) is 8.33. The number of carbonyl (C=O) groups is 1. The summed E-state index contributed by atoms with van der Waals surface area (Å²) in [5.74, 6) is -0.474. The maximum atomic E-state index is 11.8. The van der Waals surface area contributed by atoms with E-state index < -0.39 is 17.1 Å². The van der Waals surface area contributed by atoms with Gasteiger partial charge in [-0.3, -0.25) is 4.79 Å². The van der Waals surface area contributed by atoms with E-state index in [4.69, 9.17) is 0 Å². The molecule has 2 aliphatic carbocycles. The van der Waals surface area contributed by atoms with Crippen molar-refractivity contribution in [2.75, 3.05) is 13.2 Å². The lowest BCUT2D eigenvalue weighted by Crippen LogP contribution is -2.59. The van der Waals surface area contributed by atoms with Crippen LogP contribution < -0.4 is 0 Å². The van der Waals surface area contributed by atoms with E-state index in [2.05, 4.69) is 26.0 Å². The second-order valence-electron chi connectivity index (χ2n) is 10.9. The Labute approximate surface area is 211 Å². The molecule has 5 nitrogen and oxygen atoms in total. The van der Waals surface area contributed by atoms with E-state index in [1.165, 1.54) is 5.57 Å². The molecule has 1 spiro atoms. The first-order valence-electron chi connectivity index (χ1n) is 13.0. The molecule has 2 rings (SSSR count). The highest BCUT2D eigenvalue weighted by Gasteiger charge is 2.63. The number of hydrogen-bond acceptors (Lipinski definition) is 5. The Hall–Kier alpha value is -1.79. The number of aliphatic hydroxyl groups is 4. The van der Waals surface area contributed by atoms with Gasteiger partial charge in [0.15, 0.2) is 0 Å². The van der Waals surface area contributed by atoms with Crippen LogP contribution in [0, 0.1) is 17.3 Å². The molecule has 2 saturated carbocycles. The molecule has 0 aromatic carbocycles. The van der Waals surface area contributed by atoms with Gasteiger partial charge >= 0.3 is 0 Å². The number of aldehydes is 1. The molecule has 5 atom stereocenters. The Kier molecular flexibility index (Phi) is 10.9. The molecule has 4 N–H and O–H groups in total. The lowest BCUT2D eigenvalue weighted by molar-refractivity contribution is -0.167. The van der Waals surface area contributed by atoms with Crippen molar-refractivity contribution in [2.24, 2.45) is 17.3 Å². The molecule has 5 heteroatoms. The summed E-state index contributed by atoms with van der Waals surface area (Å²) in [4.78, 5) is 11.7. The summed E-state index contributed by atoms with van der Waals surface area (Å²) in [6, 6.07) is 0. The summed E-state index contributed by atoms with van der Waals surface area (Å²) in [6.07, 6.45) is 14.5. The molecular formula is C30H46O5. The SMILES string of the molecule is CC(C)=CCC=C(C)C=CC=C(CO)C1CCC2(C(CCCO)C(=C(C)C=O)CCC2(C)O)C1O. The van der Waals surface area contributed by atoms with Gasteiger partial charge in [0.1, 0.15) is 6.29 Å². The highest BCUT2D eigenvalue weighted by molar-refractivity contribution is 5.74. The standard InChI is InChI=1S/C30H46O5/c1-21(2)9-6-10-22(3)11-7-12-24(20-33)26-15-17-30(28(26)34)27(13-8-18-31)25(23(4)19-32)14-16-29(30,5)35/h7,9-12,19,26-28,31,33-35H,6,8,13-18,20H2,1-5H3. The highest BCUT2D eigenvalue weighted by Crippen LogP contribution is 2.62. The zero-order chi connectivity index (χ0) is 26.2. The first kappa shape index (κ1) is 29.4. The van der Waals surface area contributed by atoms with E-state index in [0.29, 0.717) is 44.1 Å². The molecule has 0 aromatic heterocycles. The molecule has 2 aliphatic rings. The largest absolute Gasteiger partial charge is 0.396 e. The molecular weight excluding hydrogens is 440 g/mol. The van der Waals surface area contributed by atoms with Gasteiger partial charge in [-0.05, 0) is 96.6 Å². The van der Waals surface area contributed by atoms with E-state index >= 15 is 0 Å². The number of allylic oxidation sites excluding steroid dienone is 9. The lowest BCUT2D eigenvalue weighted by atomic mass is 9.52. The van der Waals surface area contributed by atoms with Gasteiger partial charge in [-0.15, -0.1) is 0 Å². The van der Waals surface area contributed by atoms with Crippen LogP contribution in [0.5, 0.6) is 0 Å². The summed E-state index contributed by atoms with van der Waals surface area (Å²) in [7, 11) is 0. The van der Waals surface area contributed by atoms with Crippen molar-refractivity contribution in [2.45, 2.75) is 91.3 Å². The van der Waals surface area contributed by atoms with Crippen LogP contribution in [0.15, 0.2) is 58.2 Å². The first-order chi connectivity index (χ1) is 16.6. The van der Waals surface area contributed by atoms with E-state index in [-0.39, 0.29) is 25.0 Å². The Balaban J connectivity index is 2.39. The molecule has 2 fully saturated rings. The van der Waals surface area contributed by atoms with Crippen LogP contribution in [0.3, 0.4) is 0 Å². The summed E-state index contributed by atoms with van der Waals surface area (Å²) < 4.78 is 0. The minimum absolute atomic E-state index is 0.0226. The summed E-state index contributed by atoms with van der Waals surface area (Å²) in [6.45, 7) is 9.66. The van der Waals surface area contributed by atoms with Crippen molar-refractivity contribution >= 4 is 6.29 Å². The molecule has 0 heterocycles. The molecule has 0 amide bonds. The van der Waals surface area contributed by atoms with Gasteiger partial charge in [-0.1, -0.05) is 47.1 Å². The number of rotatable bonds is 10. The fraction of sp³-hybridized carbons (Fsp3) is 0.633. The zero-order valence-corrected chi connectivity index (χ0v) is 22.3. The summed E-state index contributed by atoms with van der Waals surface area (Å²) >= 11 is 0. The molecule has 0 aromatic rings. The van der Waals surface area contributed by atoms with Gasteiger partial charge in [0.2, 0.25) is 0 Å². The third-order valence-corrected chi connectivity index (χ3v) is 8.33. The molecule has 196 valence electrons. The minimum atomic E-state index is -1.12. The molecule has 0 bridgehead atoms. The molecule has 5 unspecified atom stereocenters. The second-order valence-corrected chi connectivity index (χ2v) is 10.9. The predicted molar refractivity (Wildman–Crippen MR) is 142 cm³/mol. The van der Waals surface area contributed by atoms with E-state index in [1.807, 2.05) is 25.2 Å². The molecule has 0 saturated heterocycles. The van der Waals surface area contributed by atoms with Crippen LogP contribution in [0.1, 0.15) is 79.6 Å². The Bertz CT molecular complexity index is 884. The minimum Gasteiger partial charge on any atom is -0.396 e. The monoisotopic (exact) mass is 486 g/mol. The van der Waals surface area contributed by atoms with Crippen molar-refractivity contribution in [3.05, 3.63) is 58.2 Å². The van der Waals surface area contributed by atoms with Crippen LogP contribution in [0.4, 0.5) is 0 Å². The average Bonchev–Trinajstić information content (AvgIpc) is 3.15. The lowest BCUT2D eigenvalue weighted by Gasteiger charge is -2.55. The number of aliphatic hydroxyl groups excluding tert-OH is 3. The molecule has 0 aliphatic heterocycles. The molecule has 35 heavy (non-hydrogen) atoms. The fourth-order valence-corrected chi connectivity index (χ4v) is 6.33.